The summed E-state index contributed by atoms with van der Waals surface area (Å²) >= 11 is 0. The van der Waals surface area contributed by atoms with Crippen LogP contribution in [0.15, 0.2) is 0 Å². The van der Waals surface area contributed by atoms with Gasteiger partial charge in [0.2, 0.25) is 0 Å². The minimum Gasteiger partial charge on any atom is -0.389 e. The van der Waals surface area contributed by atoms with Crippen LogP contribution in [0.4, 0.5) is 17.6 Å². The molecular weight excluding hydrogens is 208 g/mol. The highest BCUT2D eigenvalue weighted by atomic mass is 28.4. The molecule has 0 aliphatic carbocycles. The molecule has 7 heteroatoms. The summed E-state index contributed by atoms with van der Waals surface area (Å²) in [5.41, 5.74) is 0. The molecule has 0 aromatic heterocycles. The number of rotatable bonds is 6. The Balaban J connectivity index is 3.66. The number of alkyl halides is 4. The molecule has 0 bridgehead atoms. The topological polar surface area (TPSA) is 18.5 Å². The van der Waals surface area contributed by atoms with E-state index in [9.17, 15) is 17.6 Å². The third-order valence-electron chi connectivity index (χ3n) is 1.11. The van der Waals surface area contributed by atoms with Crippen LogP contribution in [0.1, 0.15) is 0 Å². The maximum atomic E-state index is 11.7. The van der Waals surface area contributed by atoms with E-state index in [4.69, 9.17) is 0 Å². The summed E-state index contributed by atoms with van der Waals surface area (Å²) in [6, 6.07) is 0. The van der Waals surface area contributed by atoms with Crippen molar-refractivity contribution in [2.24, 2.45) is 0 Å². The van der Waals surface area contributed by atoms with E-state index in [1.165, 1.54) is 13.1 Å². The van der Waals surface area contributed by atoms with Crippen LogP contribution in [0.25, 0.3) is 0 Å². The predicted molar refractivity (Wildman–Crippen MR) is 41.4 cm³/mol. The van der Waals surface area contributed by atoms with Gasteiger partial charge < -0.3 is 8.85 Å². The number of hydrogen-bond acceptors (Lipinski definition) is 2. The highest BCUT2D eigenvalue weighted by Crippen LogP contribution is 2.10. The molecule has 0 aliphatic heterocycles. The van der Waals surface area contributed by atoms with Crippen molar-refractivity contribution in [3.63, 3.8) is 0 Å². The summed E-state index contributed by atoms with van der Waals surface area (Å²) in [4.78, 5) is 0. The Morgan fingerprint density at radius 2 is 1.23 bits per heavy atom. The van der Waals surface area contributed by atoms with Gasteiger partial charge in [-0.1, -0.05) is 0 Å². The zero-order valence-electron chi connectivity index (χ0n) is 7.40. The van der Waals surface area contributed by atoms with E-state index >= 15 is 0 Å². The summed E-state index contributed by atoms with van der Waals surface area (Å²) in [5, 5.41) is 0. The van der Waals surface area contributed by atoms with Gasteiger partial charge in [-0.2, -0.15) is 0 Å². The van der Waals surface area contributed by atoms with E-state index in [2.05, 4.69) is 8.85 Å². The molecule has 0 saturated carbocycles. The first-order valence-corrected chi connectivity index (χ1v) is 6.49. The highest BCUT2D eigenvalue weighted by molar-refractivity contribution is 6.64. The second-order valence-corrected chi connectivity index (χ2v) is 6.18. The van der Waals surface area contributed by atoms with Crippen molar-refractivity contribution >= 4 is 8.56 Å². The van der Waals surface area contributed by atoms with Crippen molar-refractivity contribution < 1.29 is 26.4 Å². The fourth-order valence-corrected chi connectivity index (χ4v) is 1.71. The van der Waals surface area contributed by atoms with Gasteiger partial charge in [-0.3, -0.25) is 0 Å². The molecule has 0 rings (SSSR count). The summed E-state index contributed by atoms with van der Waals surface area (Å²) < 4.78 is 56.0. The van der Waals surface area contributed by atoms with Crippen LogP contribution in [-0.2, 0) is 8.85 Å². The predicted octanol–water partition coefficient (Wildman–Crippen LogP) is 2.25. The van der Waals surface area contributed by atoms with Gasteiger partial charge in [0.25, 0.3) is 12.9 Å². The normalized spacial score (nSPS) is 12.9. The zero-order chi connectivity index (χ0) is 10.5. The summed E-state index contributed by atoms with van der Waals surface area (Å²) in [6.07, 6.45) is -5.19. The molecule has 0 heterocycles. The standard InChI is InChI=1S/C6H12F4O2Si/c1-13(2,11-3-5(7)8)12-4-6(9)10/h5-6H,3-4H2,1-2H3. The molecule has 2 nitrogen and oxygen atoms in total. The largest absolute Gasteiger partial charge is 0.389 e. The van der Waals surface area contributed by atoms with Crippen molar-refractivity contribution in [1.82, 2.24) is 0 Å². The summed E-state index contributed by atoms with van der Waals surface area (Å²) in [6.45, 7) is 1.36. The Hall–Kier alpha value is -0.143. The number of hydrogen-bond donors (Lipinski definition) is 0. The van der Waals surface area contributed by atoms with E-state index in [0.29, 0.717) is 0 Å². The molecule has 0 spiro atoms. The molecular formula is C6H12F4O2Si. The van der Waals surface area contributed by atoms with Gasteiger partial charge in [0.1, 0.15) is 0 Å². The Kier molecular flexibility index (Phi) is 5.50. The van der Waals surface area contributed by atoms with Gasteiger partial charge >= 0.3 is 8.56 Å². The smallest absolute Gasteiger partial charge is 0.332 e. The van der Waals surface area contributed by atoms with Crippen LogP contribution in [-0.4, -0.2) is 34.6 Å². The monoisotopic (exact) mass is 220 g/mol. The maximum Gasteiger partial charge on any atom is 0.332 e. The fourth-order valence-electron chi connectivity index (χ4n) is 0.569. The molecule has 0 radical (unpaired) electrons. The molecule has 0 atom stereocenters. The van der Waals surface area contributed by atoms with Gasteiger partial charge in [0.15, 0.2) is 0 Å². The molecule has 80 valence electrons. The lowest BCUT2D eigenvalue weighted by Gasteiger charge is -2.22. The van der Waals surface area contributed by atoms with Crippen molar-refractivity contribution in [2.45, 2.75) is 25.9 Å². The fraction of sp³-hybridized carbons (Fsp3) is 1.00. The first-order chi connectivity index (χ1) is 5.83. The van der Waals surface area contributed by atoms with Crippen LogP contribution >= 0.6 is 0 Å². The lowest BCUT2D eigenvalue weighted by Crippen LogP contribution is -2.37. The van der Waals surface area contributed by atoms with Crippen LogP contribution in [0, 0.1) is 0 Å². The van der Waals surface area contributed by atoms with E-state index in [1.54, 1.807) is 0 Å². The van der Waals surface area contributed by atoms with Crippen LogP contribution in [0.2, 0.25) is 13.1 Å². The molecule has 0 aliphatic rings. The van der Waals surface area contributed by atoms with E-state index in [-0.39, 0.29) is 0 Å². The minimum absolute atomic E-state index is 0.761. The van der Waals surface area contributed by atoms with Crippen LogP contribution < -0.4 is 0 Å². The van der Waals surface area contributed by atoms with Gasteiger partial charge in [-0.25, -0.2) is 17.6 Å². The third-order valence-corrected chi connectivity index (χ3v) is 2.84. The lowest BCUT2D eigenvalue weighted by atomic mass is 10.8. The molecule has 0 N–H and O–H groups in total. The Morgan fingerprint density at radius 1 is 0.923 bits per heavy atom. The van der Waals surface area contributed by atoms with Crippen molar-refractivity contribution in [1.29, 1.82) is 0 Å². The Morgan fingerprint density at radius 3 is 1.46 bits per heavy atom. The lowest BCUT2D eigenvalue weighted by molar-refractivity contribution is 0.0320. The second kappa shape index (κ2) is 5.56. The first kappa shape index (κ1) is 12.9. The summed E-state index contributed by atoms with van der Waals surface area (Å²) in [5.74, 6) is 0. The highest BCUT2D eigenvalue weighted by Gasteiger charge is 2.27. The Bertz CT molecular complexity index is 129. The average Bonchev–Trinajstić information content (AvgIpc) is 1.98. The van der Waals surface area contributed by atoms with Crippen LogP contribution in [0.5, 0.6) is 0 Å². The van der Waals surface area contributed by atoms with Gasteiger partial charge in [0, 0.05) is 0 Å². The summed E-state index contributed by atoms with van der Waals surface area (Å²) in [7, 11) is -2.79. The van der Waals surface area contributed by atoms with Crippen molar-refractivity contribution in [3.05, 3.63) is 0 Å². The Labute approximate surface area is 75.1 Å². The third kappa shape index (κ3) is 8.19. The quantitative estimate of drug-likeness (QED) is 0.505. The molecule has 0 unspecified atom stereocenters. The SMILES string of the molecule is C[Si](C)(OCC(F)F)OCC(F)F. The van der Waals surface area contributed by atoms with E-state index in [0.717, 1.165) is 0 Å². The molecule has 13 heavy (non-hydrogen) atoms. The van der Waals surface area contributed by atoms with Gasteiger partial charge in [0.05, 0.1) is 13.2 Å². The zero-order valence-corrected chi connectivity index (χ0v) is 8.40. The number of halogens is 4. The average molecular weight is 220 g/mol. The van der Waals surface area contributed by atoms with Crippen LogP contribution in [0.3, 0.4) is 0 Å². The molecule has 0 aromatic carbocycles. The first-order valence-electron chi connectivity index (χ1n) is 3.67. The molecule has 0 fully saturated rings. The molecule has 0 aromatic rings. The maximum absolute atomic E-state index is 11.7. The van der Waals surface area contributed by atoms with Crippen molar-refractivity contribution in [2.75, 3.05) is 13.2 Å². The van der Waals surface area contributed by atoms with Gasteiger partial charge in [-0.05, 0) is 13.1 Å². The molecule has 0 amide bonds. The van der Waals surface area contributed by atoms with Gasteiger partial charge in [-0.15, -0.1) is 0 Å². The van der Waals surface area contributed by atoms with E-state index in [1.807, 2.05) is 0 Å². The van der Waals surface area contributed by atoms with Crippen molar-refractivity contribution in [3.8, 4) is 0 Å². The second-order valence-electron chi connectivity index (χ2n) is 2.80. The van der Waals surface area contributed by atoms with E-state index < -0.39 is 34.6 Å². The minimum atomic E-state index is -2.79. The molecule has 0 saturated heterocycles.